The Morgan fingerprint density at radius 1 is 1.03 bits per heavy atom. The summed E-state index contributed by atoms with van der Waals surface area (Å²) in [6.07, 6.45) is 0. The monoisotopic (exact) mass is 432 g/mol. The lowest BCUT2D eigenvalue weighted by Gasteiger charge is -2.35. The third kappa shape index (κ3) is 3.54. The summed E-state index contributed by atoms with van der Waals surface area (Å²) in [7, 11) is -1.80. The number of rotatable bonds is 4. The summed E-state index contributed by atoms with van der Waals surface area (Å²) in [5, 5.41) is 4.50. The molecule has 0 bridgehead atoms. The van der Waals surface area contributed by atoms with Gasteiger partial charge in [0.05, 0.1) is 10.6 Å². The van der Waals surface area contributed by atoms with Gasteiger partial charge in [-0.3, -0.25) is 4.68 Å². The van der Waals surface area contributed by atoms with E-state index in [0.29, 0.717) is 26.2 Å². The van der Waals surface area contributed by atoms with E-state index in [4.69, 9.17) is 9.97 Å². The molecule has 3 heterocycles. The molecule has 10 heteroatoms. The fourth-order valence-corrected chi connectivity index (χ4v) is 5.13. The molecule has 0 amide bonds. The third-order valence-corrected chi connectivity index (χ3v) is 7.27. The highest BCUT2D eigenvalue weighted by Crippen LogP contribution is 2.29. The summed E-state index contributed by atoms with van der Waals surface area (Å²) >= 11 is 0. The maximum Gasteiger partial charge on any atom is 0.243 e. The van der Waals surface area contributed by atoms with Gasteiger partial charge in [-0.05, 0) is 31.2 Å². The minimum Gasteiger partial charge on any atom is -0.352 e. The van der Waals surface area contributed by atoms with Crippen LogP contribution in [-0.4, -0.2) is 58.7 Å². The van der Waals surface area contributed by atoms with E-state index < -0.39 is 15.8 Å². The van der Waals surface area contributed by atoms with E-state index >= 15 is 0 Å². The van der Waals surface area contributed by atoms with Crippen LogP contribution >= 0.6 is 0 Å². The Hall–Kier alpha value is -2.59. The van der Waals surface area contributed by atoms with E-state index in [9.17, 15) is 12.8 Å². The fraction of sp³-hybridized carbons (Fsp3) is 0.450. The molecule has 0 spiro atoms. The molecule has 1 aliphatic rings. The van der Waals surface area contributed by atoms with Crippen molar-refractivity contribution >= 4 is 26.9 Å². The van der Waals surface area contributed by atoms with E-state index in [-0.39, 0.29) is 10.8 Å². The first-order valence-corrected chi connectivity index (χ1v) is 11.3. The lowest BCUT2D eigenvalue weighted by molar-refractivity contribution is 0.383. The highest BCUT2D eigenvalue weighted by atomic mass is 32.2. The largest absolute Gasteiger partial charge is 0.352 e. The second-order valence-electron chi connectivity index (χ2n) is 7.81. The molecule has 1 saturated heterocycles. The molecular formula is C20H25FN6O2S. The molecule has 0 radical (unpaired) electrons. The number of hydrogen-bond donors (Lipinski definition) is 0. The molecule has 8 nitrogen and oxygen atoms in total. The Morgan fingerprint density at radius 3 is 2.27 bits per heavy atom. The molecule has 0 N–H and O–H groups in total. The zero-order chi connectivity index (χ0) is 21.6. The molecular weight excluding hydrogens is 407 g/mol. The molecule has 2 aromatic heterocycles. The van der Waals surface area contributed by atoms with Crippen LogP contribution in [0.15, 0.2) is 29.2 Å². The van der Waals surface area contributed by atoms with Crippen LogP contribution in [0.25, 0.3) is 11.0 Å². The lowest BCUT2D eigenvalue weighted by atomic mass is 10.2. The molecule has 160 valence electrons. The number of halogens is 1. The number of aryl methyl sites for hydroxylation is 2. The van der Waals surface area contributed by atoms with Gasteiger partial charge < -0.3 is 4.90 Å². The van der Waals surface area contributed by atoms with E-state index in [1.165, 1.54) is 28.6 Å². The van der Waals surface area contributed by atoms with Crippen molar-refractivity contribution in [2.24, 2.45) is 7.05 Å². The number of anilines is 1. The van der Waals surface area contributed by atoms with Crippen LogP contribution in [0.1, 0.15) is 31.3 Å². The molecule has 3 aromatic rings. The van der Waals surface area contributed by atoms with Crippen LogP contribution < -0.4 is 4.90 Å². The molecule has 0 aliphatic carbocycles. The Labute approximate surface area is 175 Å². The van der Waals surface area contributed by atoms with E-state index in [1.807, 2.05) is 27.8 Å². The second kappa shape index (κ2) is 7.59. The summed E-state index contributed by atoms with van der Waals surface area (Å²) < 4.78 is 42.2. The maximum absolute atomic E-state index is 13.2. The predicted octanol–water partition coefficient (Wildman–Crippen LogP) is 2.45. The Balaban J connectivity index is 1.63. The zero-order valence-electron chi connectivity index (χ0n) is 17.5. The Bertz CT molecular complexity index is 1180. The van der Waals surface area contributed by atoms with Gasteiger partial charge in [-0.25, -0.2) is 22.8 Å². The van der Waals surface area contributed by atoms with Crippen molar-refractivity contribution in [3.8, 4) is 0 Å². The second-order valence-corrected chi connectivity index (χ2v) is 9.75. The third-order valence-electron chi connectivity index (χ3n) is 5.36. The molecule has 0 unspecified atom stereocenters. The van der Waals surface area contributed by atoms with Gasteiger partial charge in [0, 0.05) is 39.1 Å². The smallest absolute Gasteiger partial charge is 0.243 e. The van der Waals surface area contributed by atoms with Crippen LogP contribution in [-0.2, 0) is 17.1 Å². The van der Waals surface area contributed by atoms with E-state index in [0.717, 1.165) is 28.4 Å². The summed E-state index contributed by atoms with van der Waals surface area (Å²) in [6, 6.07) is 4.94. The highest BCUT2D eigenvalue weighted by Gasteiger charge is 2.30. The maximum atomic E-state index is 13.2. The van der Waals surface area contributed by atoms with Gasteiger partial charge in [-0.15, -0.1) is 0 Å². The fourth-order valence-electron chi connectivity index (χ4n) is 3.71. The van der Waals surface area contributed by atoms with Crippen molar-refractivity contribution < 1.29 is 12.8 Å². The number of nitrogens with zero attached hydrogens (tertiary/aromatic N) is 6. The summed E-state index contributed by atoms with van der Waals surface area (Å²) in [4.78, 5) is 11.7. The summed E-state index contributed by atoms with van der Waals surface area (Å²) in [6.45, 7) is 7.64. The predicted molar refractivity (Wildman–Crippen MR) is 113 cm³/mol. The summed E-state index contributed by atoms with van der Waals surface area (Å²) in [5.41, 5.74) is 2.52. The van der Waals surface area contributed by atoms with Gasteiger partial charge in [-0.1, -0.05) is 13.8 Å². The first-order valence-electron chi connectivity index (χ1n) is 9.90. The first-order chi connectivity index (χ1) is 14.2. The molecule has 30 heavy (non-hydrogen) atoms. The first kappa shape index (κ1) is 20.7. The molecule has 4 rings (SSSR count). The number of fused-ring (bicyclic) bond motifs is 1. The van der Waals surface area contributed by atoms with E-state index in [2.05, 4.69) is 10.00 Å². The minimum absolute atomic E-state index is 0.103. The van der Waals surface area contributed by atoms with Gasteiger partial charge in [0.1, 0.15) is 22.7 Å². The average Bonchev–Trinajstić information content (AvgIpc) is 3.01. The van der Waals surface area contributed by atoms with Crippen LogP contribution in [0.3, 0.4) is 0 Å². The molecule has 0 saturated carbocycles. The SMILES string of the molecule is Cc1nn(C)c2c(N3CCN(S(=O)(=O)c4ccc(F)cc4)CC3)nc(C(C)C)nc12. The van der Waals surface area contributed by atoms with Crippen molar-refractivity contribution in [3.63, 3.8) is 0 Å². The van der Waals surface area contributed by atoms with E-state index in [1.54, 1.807) is 4.68 Å². The normalized spacial score (nSPS) is 16.0. The van der Waals surface area contributed by atoms with Crippen molar-refractivity contribution in [1.82, 2.24) is 24.1 Å². The van der Waals surface area contributed by atoms with Gasteiger partial charge in [-0.2, -0.15) is 9.40 Å². The van der Waals surface area contributed by atoms with Crippen LogP contribution in [0.2, 0.25) is 0 Å². The van der Waals surface area contributed by atoms with Crippen molar-refractivity contribution in [2.45, 2.75) is 31.6 Å². The average molecular weight is 433 g/mol. The van der Waals surface area contributed by atoms with Crippen LogP contribution in [0.4, 0.5) is 10.2 Å². The van der Waals surface area contributed by atoms with Crippen molar-refractivity contribution in [3.05, 3.63) is 41.6 Å². The van der Waals surface area contributed by atoms with Crippen LogP contribution in [0, 0.1) is 12.7 Å². The lowest BCUT2D eigenvalue weighted by Crippen LogP contribution is -2.49. The minimum atomic E-state index is -3.66. The van der Waals surface area contributed by atoms with Crippen molar-refractivity contribution in [1.29, 1.82) is 0 Å². The standard InChI is InChI=1S/C20H25FN6O2S/c1-13(2)19-22-17-14(3)24-25(4)18(17)20(23-19)26-9-11-27(12-10-26)30(28,29)16-7-5-15(21)6-8-16/h5-8,13H,9-12H2,1-4H3. The molecule has 1 aromatic carbocycles. The number of sulfonamides is 1. The Kier molecular flexibility index (Phi) is 5.23. The quantitative estimate of drug-likeness (QED) is 0.630. The number of aromatic nitrogens is 4. The molecule has 0 atom stereocenters. The Morgan fingerprint density at radius 2 is 1.67 bits per heavy atom. The van der Waals surface area contributed by atoms with Crippen LogP contribution in [0.5, 0.6) is 0 Å². The zero-order valence-corrected chi connectivity index (χ0v) is 18.3. The van der Waals surface area contributed by atoms with Gasteiger partial charge in [0.25, 0.3) is 0 Å². The number of benzene rings is 1. The van der Waals surface area contributed by atoms with Crippen molar-refractivity contribution in [2.75, 3.05) is 31.1 Å². The topological polar surface area (TPSA) is 84.2 Å². The molecule has 1 aliphatic heterocycles. The number of piperazine rings is 1. The van der Waals surface area contributed by atoms with Gasteiger partial charge in [0.15, 0.2) is 5.82 Å². The molecule has 1 fully saturated rings. The highest BCUT2D eigenvalue weighted by molar-refractivity contribution is 7.89. The summed E-state index contributed by atoms with van der Waals surface area (Å²) in [5.74, 6) is 1.23. The van der Waals surface area contributed by atoms with Gasteiger partial charge >= 0.3 is 0 Å². The number of hydrogen-bond acceptors (Lipinski definition) is 6. The van der Waals surface area contributed by atoms with Gasteiger partial charge in [0.2, 0.25) is 10.0 Å².